The zero-order valence-corrected chi connectivity index (χ0v) is 10.9. The van der Waals surface area contributed by atoms with Gasteiger partial charge in [0.25, 0.3) is 0 Å². The molecule has 1 heterocycles. The third-order valence-electron chi connectivity index (χ3n) is 2.36. The number of ketones is 1. The standard InChI is InChI=1S/C12H8BrF2NO2/c1-6(17)8-2-7-3-9(13)11(18-12(14)15)4-10(7)16-5-8/h2-5,12H,1H3. The van der Waals surface area contributed by atoms with Gasteiger partial charge in [0.2, 0.25) is 0 Å². The van der Waals surface area contributed by atoms with Crippen LogP contribution in [0, 0.1) is 0 Å². The van der Waals surface area contributed by atoms with Crippen molar-refractivity contribution in [2.75, 3.05) is 0 Å². The molecule has 18 heavy (non-hydrogen) atoms. The molecule has 0 fully saturated rings. The average molecular weight is 316 g/mol. The predicted molar refractivity (Wildman–Crippen MR) is 66.1 cm³/mol. The SMILES string of the molecule is CC(=O)c1cnc2cc(OC(F)F)c(Br)cc2c1. The second-order valence-corrected chi connectivity index (χ2v) is 4.49. The number of carbonyl (C=O) groups excluding carboxylic acids is 1. The Labute approximate surface area is 110 Å². The van der Waals surface area contributed by atoms with Crippen LogP contribution < -0.4 is 4.74 Å². The largest absolute Gasteiger partial charge is 0.434 e. The summed E-state index contributed by atoms with van der Waals surface area (Å²) in [4.78, 5) is 15.3. The summed E-state index contributed by atoms with van der Waals surface area (Å²) in [6, 6.07) is 4.64. The van der Waals surface area contributed by atoms with Crippen molar-refractivity contribution < 1.29 is 18.3 Å². The Kier molecular flexibility index (Phi) is 3.56. The van der Waals surface area contributed by atoms with Crippen molar-refractivity contribution in [2.24, 2.45) is 0 Å². The summed E-state index contributed by atoms with van der Waals surface area (Å²) < 4.78 is 29.1. The molecule has 0 atom stereocenters. The number of ether oxygens (including phenoxy) is 1. The number of hydrogen-bond acceptors (Lipinski definition) is 3. The van der Waals surface area contributed by atoms with Crippen molar-refractivity contribution in [2.45, 2.75) is 13.5 Å². The van der Waals surface area contributed by atoms with Gasteiger partial charge < -0.3 is 4.74 Å². The highest BCUT2D eigenvalue weighted by Crippen LogP contribution is 2.31. The molecule has 0 amide bonds. The van der Waals surface area contributed by atoms with E-state index in [2.05, 4.69) is 25.7 Å². The Bertz CT molecular complexity index is 616. The van der Waals surface area contributed by atoms with Crippen molar-refractivity contribution in [3.63, 3.8) is 0 Å². The number of hydrogen-bond donors (Lipinski definition) is 0. The van der Waals surface area contributed by atoms with E-state index in [1.54, 1.807) is 12.1 Å². The third-order valence-corrected chi connectivity index (χ3v) is 2.98. The van der Waals surface area contributed by atoms with Crippen LogP contribution in [0.15, 0.2) is 28.9 Å². The van der Waals surface area contributed by atoms with Crippen LogP contribution in [0.3, 0.4) is 0 Å². The molecule has 0 radical (unpaired) electrons. The van der Waals surface area contributed by atoms with E-state index in [0.717, 1.165) is 0 Å². The lowest BCUT2D eigenvalue weighted by atomic mass is 10.1. The molecule has 0 N–H and O–H groups in total. The zero-order chi connectivity index (χ0) is 13.3. The number of aromatic nitrogens is 1. The Morgan fingerprint density at radius 3 is 2.72 bits per heavy atom. The summed E-state index contributed by atoms with van der Waals surface area (Å²) in [5.41, 5.74) is 0.954. The number of rotatable bonds is 3. The molecule has 0 aliphatic carbocycles. The monoisotopic (exact) mass is 315 g/mol. The lowest BCUT2D eigenvalue weighted by Gasteiger charge is -2.08. The summed E-state index contributed by atoms with van der Waals surface area (Å²) >= 11 is 3.14. The minimum Gasteiger partial charge on any atom is -0.434 e. The van der Waals surface area contributed by atoms with Crippen molar-refractivity contribution in [3.8, 4) is 5.75 Å². The summed E-state index contributed by atoms with van der Waals surface area (Å²) in [6.45, 7) is -1.46. The second-order valence-electron chi connectivity index (χ2n) is 3.63. The van der Waals surface area contributed by atoms with Gasteiger partial charge in [-0.1, -0.05) is 0 Å². The average Bonchev–Trinajstić information content (AvgIpc) is 2.28. The van der Waals surface area contributed by atoms with E-state index in [9.17, 15) is 13.6 Å². The Morgan fingerprint density at radius 2 is 2.11 bits per heavy atom. The molecule has 0 aliphatic heterocycles. The fraction of sp³-hybridized carbons (Fsp3) is 0.167. The summed E-state index contributed by atoms with van der Waals surface area (Å²) in [5, 5.41) is 0.677. The molecular weight excluding hydrogens is 308 g/mol. The van der Waals surface area contributed by atoms with E-state index in [1.807, 2.05) is 0 Å². The normalized spacial score (nSPS) is 10.9. The van der Waals surface area contributed by atoms with Crippen LogP contribution in [-0.4, -0.2) is 17.4 Å². The van der Waals surface area contributed by atoms with Crippen molar-refractivity contribution in [1.29, 1.82) is 0 Å². The molecule has 1 aromatic carbocycles. The number of nitrogens with zero attached hydrogens (tertiary/aromatic N) is 1. The summed E-state index contributed by atoms with van der Waals surface area (Å²) in [6.07, 6.45) is 1.41. The maximum atomic E-state index is 12.2. The molecule has 1 aromatic heterocycles. The van der Waals surface area contributed by atoms with Gasteiger partial charge in [0.1, 0.15) is 5.75 Å². The van der Waals surface area contributed by atoms with Gasteiger partial charge in [0, 0.05) is 23.2 Å². The van der Waals surface area contributed by atoms with Gasteiger partial charge in [0.05, 0.1) is 9.99 Å². The Hall–Kier alpha value is -1.56. The number of pyridine rings is 1. The number of carbonyl (C=O) groups is 1. The number of Topliss-reactive ketones (excluding diaryl/α,β-unsaturated/α-hetero) is 1. The topological polar surface area (TPSA) is 39.2 Å². The molecule has 6 heteroatoms. The smallest absolute Gasteiger partial charge is 0.387 e. The van der Waals surface area contributed by atoms with Crippen LogP contribution in [0.1, 0.15) is 17.3 Å². The van der Waals surface area contributed by atoms with Crippen LogP contribution in [0.5, 0.6) is 5.75 Å². The Morgan fingerprint density at radius 1 is 1.39 bits per heavy atom. The van der Waals surface area contributed by atoms with Crippen molar-refractivity contribution in [3.05, 3.63) is 34.4 Å². The van der Waals surface area contributed by atoms with Crippen LogP contribution in [0.2, 0.25) is 0 Å². The van der Waals surface area contributed by atoms with Crippen LogP contribution in [-0.2, 0) is 0 Å². The second kappa shape index (κ2) is 4.97. The first-order valence-electron chi connectivity index (χ1n) is 5.02. The van der Waals surface area contributed by atoms with Gasteiger partial charge in [-0.25, -0.2) is 0 Å². The quantitative estimate of drug-likeness (QED) is 0.809. The molecule has 94 valence electrons. The molecule has 0 saturated heterocycles. The fourth-order valence-electron chi connectivity index (χ4n) is 1.51. The maximum Gasteiger partial charge on any atom is 0.387 e. The fourth-order valence-corrected chi connectivity index (χ4v) is 1.96. The summed E-state index contributed by atoms with van der Waals surface area (Å²) in [7, 11) is 0. The van der Waals surface area contributed by atoms with E-state index in [1.165, 1.54) is 19.2 Å². The predicted octanol–water partition coefficient (Wildman–Crippen LogP) is 3.80. The van der Waals surface area contributed by atoms with Gasteiger partial charge in [-0.2, -0.15) is 8.78 Å². The first kappa shape index (κ1) is 12.9. The highest BCUT2D eigenvalue weighted by Gasteiger charge is 2.11. The van der Waals surface area contributed by atoms with Crippen molar-refractivity contribution >= 4 is 32.6 Å². The first-order chi connectivity index (χ1) is 8.47. The van der Waals surface area contributed by atoms with E-state index in [0.29, 0.717) is 20.9 Å². The molecule has 0 spiro atoms. The van der Waals surface area contributed by atoms with E-state index in [-0.39, 0.29) is 11.5 Å². The highest BCUT2D eigenvalue weighted by molar-refractivity contribution is 9.10. The van der Waals surface area contributed by atoms with Gasteiger partial charge >= 0.3 is 6.61 Å². The van der Waals surface area contributed by atoms with E-state index in [4.69, 9.17) is 0 Å². The van der Waals surface area contributed by atoms with Gasteiger partial charge in [-0.15, -0.1) is 0 Å². The molecule has 0 bridgehead atoms. The van der Waals surface area contributed by atoms with Gasteiger partial charge in [-0.05, 0) is 35.0 Å². The minimum atomic E-state index is -2.89. The molecule has 2 aromatic rings. The number of alkyl halides is 2. The maximum absolute atomic E-state index is 12.2. The van der Waals surface area contributed by atoms with Gasteiger partial charge in [-0.3, -0.25) is 9.78 Å². The number of fused-ring (bicyclic) bond motifs is 1. The zero-order valence-electron chi connectivity index (χ0n) is 9.28. The lowest BCUT2D eigenvalue weighted by Crippen LogP contribution is -2.02. The highest BCUT2D eigenvalue weighted by atomic mass is 79.9. The Balaban J connectivity index is 2.53. The molecule has 0 saturated carbocycles. The van der Waals surface area contributed by atoms with Crippen LogP contribution in [0.25, 0.3) is 10.9 Å². The molecule has 0 unspecified atom stereocenters. The number of halogens is 3. The number of benzene rings is 1. The van der Waals surface area contributed by atoms with Gasteiger partial charge in [0.15, 0.2) is 5.78 Å². The molecular formula is C12H8BrF2NO2. The molecule has 3 nitrogen and oxygen atoms in total. The van der Waals surface area contributed by atoms with Crippen molar-refractivity contribution in [1.82, 2.24) is 4.98 Å². The lowest BCUT2D eigenvalue weighted by molar-refractivity contribution is -0.0502. The van der Waals surface area contributed by atoms with Crippen LogP contribution in [0.4, 0.5) is 8.78 Å². The molecule has 0 aliphatic rings. The van der Waals surface area contributed by atoms with Crippen LogP contribution >= 0.6 is 15.9 Å². The molecule has 2 rings (SSSR count). The van der Waals surface area contributed by atoms with E-state index >= 15 is 0 Å². The minimum absolute atomic E-state index is 0.0144. The first-order valence-corrected chi connectivity index (χ1v) is 5.81. The summed E-state index contributed by atoms with van der Waals surface area (Å²) in [5.74, 6) is -0.0889. The third kappa shape index (κ3) is 2.64. The van der Waals surface area contributed by atoms with E-state index < -0.39 is 6.61 Å².